The normalized spacial score (nSPS) is 19.2. The zero-order valence-corrected chi connectivity index (χ0v) is 20.9. The van der Waals surface area contributed by atoms with Crippen molar-refractivity contribution >= 4 is 39.9 Å². The summed E-state index contributed by atoms with van der Waals surface area (Å²) in [6, 6.07) is 0.204. The van der Waals surface area contributed by atoms with Gasteiger partial charge in [-0.2, -0.15) is 0 Å². The highest BCUT2D eigenvalue weighted by atomic mass is 32.1. The quantitative estimate of drug-likeness (QED) is 0.399. The molecule has 0 bridgehead atoms. The van der Waals surface area contributed by atoms with Crippen molar-refractivity contribution in [3.63, 3.8) is 0 Å². The van der Waals surface area contributed by atoms with Crippen LogP contribution in [0.4, 0.5) is 10.8 Å². The van der Waals surface area contributed by atoms with Crippen LogP contribution >= 0.6 is 11.3 Å². The molecule has 10 nitrogen and oxygen atoms in total. The first kappa shape index (κ1) is 23.8. The second kappa shape index (κ2) is 9.62. The predicted molar refractivity (Wildman–Crippen MR) is 131 cm³/mol. The van der Waals surface area contributed by atoms with E-state index in [1.165, 1.54) is 18.4 Å². The van der Waals surface area contributed by atoms with Gasteiger partial charge in [0.05, 0.1) is 18.5 Å². The highest BCUT2D eigenvalue weighted by Crippen LogP contribution is 2.44. The summed E-state index contributed by atoms with van der Waals surface area (Å²) in [5.74, 6) is -0.325. The zero-order valence-electron chi connectivity index (χ0n) is 20.0. The molecule has 5 rings (SSSR count). The number of aromatic nitrogens is 2. The first-order valence-electron chi connectivity index (χ1n) is 12.1. The summed E-state index contributed by atoms with van der Waals surface area (Å²) < 4.78 is 11.9. The molecule has 188 valence electrons. The predicted octanol–water partition coefficient (Wildman–Crippen LogP) is 2.64. The minimum absolute atomic E-state index is 0.00115. The van der Waals surface area contributed by atoms with Gasteiger partial charge in [-0.05, 0) is 50.5 Å². The molecule has 1 atom stereocenters. The van der Waals surface area contributed by atoms with Gasteiger partial charge in [-0.25, -0.2) is 9.78 Å². The third kappa shape index (κ3) is 4.79. The molecular formula is C24H31N5O5S. The lowest BCUT2D eigenvalue weighted by Gasteiger charge is -2.26. The van der Waals surface area contributed by atoms with Gasteiger partial charge in [0.2, 0.25) is 5.91 Å². The number of nitrogens with two attached hydrogens (primary N) is 1. The Morgan fingerprint density at radius 2 is 2.00 bits per heavy atom. The number of esters is 1. The molecule has 2 saturated carbocycles. The molecule has 0 radical (unpaired) electrons. The maximum atomic E-state index is 13.5. The number of rotatable bonds is 9. The Morgan fingerprint density at radius 1 is 1.23 bits per heavy atom. The largest absolute Gasteiger partial charge is 0.458 e. The van der Waals surface area contributed by atoms with Crippen LogP contribution < -0.4 is 11.1 Å². The van der Waals surface area contributed by atoms with Crippen molar-refractivity contribution in [3.05, 3.63) is 28.0 Å². The highest BCUT2D eigenvalue weighted by molar-refractivity contribution is 7.17. The Morgan fingerprint density at radius 3 is 2.69 bits per heavy atom. The number of anilines is 2. The van der Waals surface area contributed by atoms with Crippen LogP contribution in [0.3, 0.4) is 0 Å². The summed E-state index contributed by atoms with van der Waals surface area (Å²) in [4.78, 5) is 45.6. The van der Waals surface area contributed by atoms with E-state index in [-0.39, 0.29) is 47.9 Å². The molecule has 2 fully saturated rings. The van der Waals surface area contributed by atoms with Crippen LogP contribution in [0, 0.1) is 5.92 Å². The third-order valence-corrected chi connectivity index (χ3v) is 8.20. The number of ether oxygens (including phenoxy) is 2. The van der Waals surface area contributed by atoms with Crippen molar-refractivity contribution < 1.29 is 23.9 Å². The SMILES string of the molecule is COCCOC(=O)c1ncn([C@H]2CCc3sc(NC(=O)C4CC4)c(C(=O)N(C)C4CC4)c3C2)c1N. The van der Waals surface area contributed by atoms with Gasteiger partial charge in [-0.3, -0.25) is 9.59 Å². The zero-order chi connectivity index (χ0) is 24.7. The molecule has 35 heavy (non-hydrogen) atoms. The average Bonchev–Trinajstić information content (AvgIpc) is 3.77. The van der Waals surface area contributed by atoms with Crippen LogP contribution in [0.5, 0.6) is 0 Å². The van der Waals surface area contributed by atoms with E-state index in [1.807, 2.05) is 7.05 Å². The second-order valence-corrected chi connectivity index (χ2v) is 10.6. The molecule has 2 aromatic rings. The van der Waals surface area contributed by atoms with Gasteiger partial charge in [-0.15, -0.1) is 11.3 Å². The Balaban J connectivity index is 1.41. The number of amides is 2. The number of aryl methyl sites for hydroxylation is 1. The van der Waals surface area contributed by atoms with Gasteiger partial charge in [0.1, 0.15) is 17.4 Å². The van der Waals surface area contributed by atoms with Crippen molar-refractivity contribution in [2.45, 2.75) is 57.0 Å². The fourth-order valence-corrected chi connectivity index (χ4v) is 5.82. The third-order valence-electron chi connectivity index (χ3n) is 6.99. The Hall–Kier alpha value is -2.92. The smallest absolute Gasteiger partial charge is 0.360 e. The van der Waals surface area contributed by atoms with Gasteiger partial charge in [0.15, 0.2) is 5.69 Å². The number of nitrogens with one attached hydrogen (secondary N) is 1. The van der Waals surface area contributed by atoms with Crippen LogP contribution in [0.1, 0.15) is 69.4 Å². The van der Waals surface area contributed by atoms with E-state index < -0.39 is 5.97 Å². The van der Waals surface area contributed by atoms with E-state index in [0.717, 1.165) is 49.0 Å². The highest BCUT2D eigenvalue weighted by Gasteiger charge is 2.38. The standard InChI is InChI=1S/C24H31N5O5S/c1-28(14-5-6-14)23(31)18-16-11-15(7-8-17(16)35-22(18)27-21(30)13-3-4-13)29-12-26-19(20(29)25)24(32)34-10-9-33-2/h12-15H,3-11,25H2,1-2H3,(H,27,30)/t15-/m0/s1. The van der Waals surface area contributed by atoms with Crippen molar-refractivity contribution in [2.75, 3.05) is 38.4 Å². The number of imidazole rings is 1. The molecule has 3 aliphatic carbocycles. The number of methoxy groups -OCH3 is 1. The lowest BCUT2D eigenvalue weighted by Crippen LogP contribution is -2.31. The van der Waals surface area contributed by atoms with Crippen molar-refractivity contribution in [3.8, 4) is 0 Å². The second-order valence-electron chi connectivity index (χ2n) is 9.53. The molecule has 2 amide bonds. The minimum atomic E-state index is -0.586. The summed E-state index contributed by atoms with van der Waals surface area (Å²) in [6.45, 7) is 0.417. The molecule has 0 aliphatic heterocycles. The van der Waals surface area contributed by atoms with Crippen LogP contribution in [-0.4, -0.2) is 65.6 Å². The number of nitrogen functional groups attached to an aromatic ring is 1. The lowest BCUT2D eigenvalue weighted by molar-refractivity contribution is -0.117. The van der Waals surface area contributed by atoms with Crippen molar-refractivity contribution in [2.24, 2.45) is 5.92 Å². The Bertz CT molecular complexity index is 1150. The molecule has 11 heteroatoms. The van der Waals surface area contributed by atoms with Gasteiger partial charge >= 0.3 is 5.97 Å². The lowest BCUT2D eigenvalue weighted by atomic mass is 9.90. The number of fused-ring (bicyclic) bond motifs is 1. The van der Waals surface area contributed by atoms with E-state index >= 15 is 0 Å². The van der Waals surface area contributed by atoms with Crippen LogP contribution in [0.25, 0.3) is 0 Å². The van der Waals surface area contributed by atoms with E-state index in [4.69, 9.17) is 15.2 Å². The number of hydrogen-bond acceptors (Lipinski definition) is 8. The molecule has 0 aromatic carbocycles. The Labute approximate surface area is 207 Å². The summed E-state index contributed by atoms with van der Waals surface area (Å²) in [5, 5.41) is 3.71. The number of nitrogens with zero attached hydrogens (tertiary/aromatic N) is 3. The van der Waals surface area contributed by atoms with Gasteiger partial charge in [-0.1, -0.05) is 0 Å². The molecule has 0 saturated heterocycles. The van der Waals surface area contributed by atoms with Crippen molar-refractivity contribution in [1.29, 1.82) is 0 Å². The van der Waals surface area contributed by atoms with Gasteiger partial charge in [0, 0.05) is 37.0 Å². The van der Waals surface area contributed by atoms with Crippen LogP contribution in [-0.2, 0) is 27.1 Å². The van der Waals surface area contributed by atoms with E-state index in [0.29, 0.717) is 23.6 Å². The monoisotopic (exact) mass is 501 g/mol. The van der Waals surface area contributed by atoms with Crippen LogP contribution in [0.15, 0.2) is 6.33 Å². The molecule has 3 N–H and O–H groups in total. The van der Waals surface area contributed by atoms with Crippen LogP contribution in [0.2, 0.25) is 0 Å². The van der Waals surface area contributed by atoms with Gasteiger partial charge in [0.25, 0.3) is 5.91 Å². The maximum absolute atomic E-state index is 13.5. The van der Waals surface area contributed by atoms with Gasteiger partial charge < -0.3 is 30.0 Å². The topological polar surface area (TPSA) is 129 Å². The summed E-state index contributed by atoms with van der Waals surface area (Å²) in [6.07, 6.45) is 7.50. The van der Waals surface area contributed by atoms with E-state index in [1.54, 1.807) is 15.8 Å². The average molecular weight is 502 g/mol. The van der Waals surface area contributed by atoms with E-state index in [9.17, 15) is 14.4 Å². The first-order chi connectivity index (χ1) is 16.9. The van der Waals surface area contributed by atoms with Crippen molar-refractivity contribution in [1.82, 2.24) is 14.5 Å². The molecule has 0 unspecified atom stereocenters. The van der Waals surface area contributed by atoms with E-state index in [2.05, 4.69) is 10.3 Å². The summed E-state index contributed by atoms with van der Waals surface area (Å²) in [7, 11) is 3.37. The number of hydrogen-bond donors (Lipinski definition) is 2. The minimum Gasteiger partial charge on any atom is -0.458 e. The number of carbonyl (C=O) groups is 3. The molecule has 2 heterocycles. The maximum Gasteiger partial charge on any atom is 0.360 e. The molecular weight excluding hydrogens is 470 g/mol. The summed E-state index contributed by atoms with van der Waals surface area (Å²) in [5.41, 5.74) is 7.96. The number of carbonyl (C=O) groups excluding carboxylic acids is 3. The summed E-state index contributed by atoms with van der Waals surface area (Å²) >= 11 is 1.51. The fourth-order valence-electron chi connectivity index (χ4n) is 4.59. The first-order valence-corrected chi connectivity index (χ1v) is 12.9. The number of thiophene rings is 1. The molecule has 3 aliphatic rings. The fraction of sp³-hybridized carbons (Fsp3) is 0.583. The molecule has 0 spiro atoms. The Kier molecular flexibility index (Phi) is 6.54. The molecule has 2 aromatic heterocycles.